The predicted molar refractivity (Wildman–Crippen MR) is 78.7 cm³/mol. The molecule has 0 radical (unpaired) electrons. The van der Waals surface area contributed by atoms with Crippen LogP contribution in [0, 0.1) is 21.4 Å². The lowest BCUT2D eigenvalue weighted by atomic mass is 10.1. The Morgan fingerprint density at radius 2 is 2.27 bits per heavy atom. The van der Waals surface area contributed by atoms with E-state index >= 15 is 0 Å². The molecule has 0 unspecified atom stereocenters. The summed E-state index contributed by atoms with van der Waals surface area (Å²) in [6.45, 7) is 1.51. The van der Waals surface area contributed by atoms with Crippen molar-refractivity contribution in [2.45, 2.75) is 17.4 Å². The lowest BCUT2D eigenvalue weighted by molar-refractivity contribution is -0.387. The predicted octanol–water partition coefficient (Wildman–Crippen LogP) is -0.0659. The van der Waals surface area contributed by atoms with Gasteiger partial charge in [0.05, 0.1) is 11.0 Å². The van der Waals surface area contributed by atoms with Gasteiger partial charge in [-0.2, -0.15) is 5.26 Å². The number of nitriles is 1. The molecule has 1 heterocycles. The van der Waals surface area contributed by atoms with Gasteiger partial charge in [-0.15, -0.1) is 0 Å². The molecular weight excluding hydrogens is 310 g/mol. The highest BCUT2D eigenvalue weighted by Gasteiger charge is 2.27. The maximum absolute atomic E-state index is 11.4. The van der Waals surface area contributed by atoms with E-state index in [1.165, 1.54) is 6.07 Å². The van der Waals surface area contributed by atoms with Gasteiger partial charge >= 0.3 is 0 Å². The van der Waals surface area contributed by atoms with E-state index in [0.717, 1.165) is 25.1 Å². The van der Waals surface area contributed by atoms with Gasteiger partial charge in [0.25, 0.3) is 5.69 Å². The second kappa shape index (κ2) is 6.27. The summed E-state index contributed by atoms with van der Waals surface area (Å²) in [7, 11) is -4.19. The summed E-state index contributed by atoms with van der Waals surface area (Å²) in [4.78, 5) is 11.5. The Morgan fingerprint density at radius 3 is 2.77 bits per heavy atom. The summed E-state index contributed by atoms with van der Waals surface area (Å²) in [5, 5.41) is 28.2. The fraction of sp³-hybridized carbons (Fsp3) is 0.417. The van der Waals surface area contributed by atoms with Crippen LogP contribution >= 0.6 is 0 Å². The first kappa shape index (κ1) is 16.2. The van der Waals surface area contributed by atoms with Gasteiger partial charge in [0.15, 0.2) is 4.90 Å². The Labute approximate surface area is 127 Å². The summed E-state index contributed by atoms with van der Waals surface area (Å²) in [6.07, 6.45) is 0.798. The fourth-order valence-electron chi connectivity index (χ4n) is 2.48. The lowest BCUT2D eigenvalue weighted by Crippen LogP contribution is -2.37. The maximum atomic E-state index is 11.4. The minimum Gasteiger partial charge on any atom is -0.354 e. The number of nitrogens with one attached hydrogen (secondary N) is 1. The van der Waals surface area contributed by atoms with Crippen LogP contribution in [0.1, 0.15) is 6.42 Å². The second-order valence-corrected chi connectivity index (χ2v) is 6.42. The molecular formula is C12H15N5O4S. The van der Waals surface area contributed by atoms with Gasteiger partial charge in [-0.3, -0.25) is 10.1 Å². The van der Waals surface area contributed by atoms with E-state index in [4.69, 9.17) is 10.4 Å². The SMILES string of the molecule is N#CCN(c1ccc(S(N)(=O)=O)c([N+](=O)[O-])c1)[C@@H]1CCNC1. The quantitative estimate of drug-likeness (QED) is 0.438. The third-order valence-corrected chi connectivity index (χ3v) is 4.45. The molecule has 118 valence electrons. The van der Waals surface area contributed by atoms with Gasteiger partial charge in [-0.1, -0.05) is 0 Å². The summed E-state index contributed by atoms with van der Waals surface area (Å²) in [5.41, 5.74) is -0.164. The van der Waals surface area contributed by atoms with Crippen LogP contribution < -0.4 is 15.4 Å². The van der Waals surface area contributed by atoms with E-state index in [0.29, 0.717) is 12.2 Å². The zero-order chi connectivity index (χ0) is 16.3. The number of nitro groups is 1. The second-order valence-electron chi connectivity index (χ2n) is 4.89. The van der Waals surface area contributed by atoms with Gasteiger partial charge in [0.1, 0.15) is 6.54 Å². The van der Waals surface area contributed by atoms with Crippen molar-refractivity contribution in [3.8, 4) is 6.07 Å². The maximum Gasteiger partial charge on any atom is 0.291 e. The third-order valence-electron chi connectivity index (χ3n) is 3.49. The van der Waals surface area contributed by atoms with Gasteiger partial charge in [-0.05, 0) is 25.1 Å². The molecule has 1 aromatic rings. The van der Waals surface area contributed by atoms with Crippen LogP contribution in [0.3, 0.4) is 0 Å². The summed E-state index contributed by atoms with van der Waals surface area (Å²) >= 11 is 0. The number of primary sulfonamides is 1. The zero-order valence-electron chi connectivity index (χ0n) is 11.6. The van der Waals surface area contributed by atoms with E-state index in [-0.39, 0.29) is 12.6 Å². The first-order valence-electron chi connectivity index (χ1n) is 6.50. The average molecular weight is 325 g/mol. The van der Waals surface area contributed by atoms with E-state index in [1.54, 1.807) is 4.90 Å². The molecule has 1 saturated heterocycles. The van der Waals surface area contributed by atoms with Crippen molar-refractivity contribution in [1.82, 2.24) is 5.32 Å². The van der Waals surface area contributed by atoms with Gasteiger partial charge in [-0.25, -0.2) is 13.6 Å². The molecule has 1 aliphatic heterocycles. The molecule has 0 bridgehead atoms. The Bertz CT molecular complexity index is 722. The molecule has 0 amide bonds. The molecule has 9 nitrogen and oxygen atoms in total. The van der Waals surface area contributed by atoms with Crippen molar-refractivity contribution in [2.24, 2.45) is 5.14 Å². The van der Waals surface area contributed by atoms with Crippen molar-refractivity contribution >= 4 is 21.4 Å². The monoisotopic (exact) mass is 325 g/mol. The summed E-state index contributed by atoms with van der Waals surface area (Å²) in [5.74, 6) is 0. The molecule has 22 heavy (non-hydrogen) atoms. The fourth-order valence-corrected chi connectivity index (χ4v) is 3.16. The number of hydrogen-bond donors (Lipinski definition) is 2. The van der Waals surface area contributed by atoms with Crippen molar-refractivity contribution < 1.29 is 13.3 Å². The number of nitrogens with zero attached hydrogens (tertiary/aromatic N) is 3. The number of rotatable bonds is 5. The highest BCUT2D eigenvalue weighted by Crippen LogP contribution is 2.30. The third kappa shape index (κ3) is 3.33. The van der Waals surface area contributed by atoms with Crippen molar-refractivity contribution in [2.75, 3.05) is 24.5 Å². The van der Waals surface area contributed by atoms with Crippen molar-refractivity contribution in [3.63, 3.8) is 0 Å². The Balaban J connectivity index is 2.48. The zero-order valence-corrected chi connectivity index (χ0v) is 12.4. The van der Waals surface area contributed by atoms with E-state index < -0.39 is 25.5 Å². The van der Waals surface area contributed by atoms with Crippen molar-refractivity contribution in [1.29, 1.82) is 5.26 Å². The van der Waals surface area contributed by atoms with Gasteiger partial charge in [0.2, 0.25) is 10.0 Å². The van der Waals surface area contributed by atoms with E-state index in [9.17, 15) is 18.5 Å². The molecule has 0 saturated carbocycles. The molecule has 3 N–H and O–H groups in total. The van der Waals surface area contributed by atoms with Crippen LogP contribution in [0.25, 0.3) is 0 Å². The molecule has 0 aromatic heterocycles. The number of hydrogen-bond acceptors (Lipinski definition) is 7. The van der Waals surface area contributed by atoms with Crippen LogP contribution in [0.4, 0.5) is 11.4 Å². The largest absolute Gasteiger partial charge is 0.354 e. The van der Waals surface area contributed by atoms with Gasteiger partial charge in [0, 0.05) is 24.3 Å². The Hall–Kier alpha value is -2.22. The number of nitrogens with two attached hydrogens (primary N) is 1. The average Bonchev–Trinajstić information content (AvgIpc) is 2.97. The van der Waals surface area contributed by atoms with Crippen LogP contribution in [0.5, 0.6) is 0 Å². The van der Waals surface area contributed by atoms with Gasteiger partial charge < -0.3 is 10.2 Å². The minimum absolute atomic E-state index is 0.0274. The molecule has 0 aliphatic carbocycles. The first-order valence-corrected chi connectivity index (χ1v) is 8.05. The number of nitro benzene ring substituents is 1. The van der Waals surface area contributed by atoms with Crippen LogP contribution in [0.2, 0.25) is 0 Å². The Kier molecular flexibility index (Phi) is 4.60. The standard InChI is InChI=1S/C12H15N5O4S/c13-4-6-16(10-3-5-15-8-10)9-1-2-12(22(14,20)21)11(7-9)17(18)19/h1-2,7,10,15H,3,5-6,8H2,(H2,14,20,21)/t10-/m1/s1. The molecule has 2 rings (SSSR count). The van der Waals surface area contributed by atoms with Crippen LogP contribution in [0.15, 0.2) is 23.1 Å². The smallest absolute Gasteiger partial charge is 0.291 e. The van der Waals surface area contributed by atoms with E-state index in [2.05, 4.69) is 5.32 Å². The minimum atomic E-state index is -4.19. The number of anilines is 1. The normalized spacial score (nSPS) is 17.9. The van der Waals surface area contributed by atoms with E-state index in [1.807, 2.05) is 6.07 Å². The van der Waals surface area contributed by atoms with Crippen LogP contribution in [-0.2, 0) is 10.0 Å². The molecule has 0 spiro atoms. The summed E-state index contributed by atoms with van der Waals surface area (Å²) < 4.78 is 22.8. The first-order chi connectivity index (χ1) is 10.3. The number of sulfonamides is 1. The topological polar surface area (TPSA) is 142 Å². The lowest BCUT2D eigenvalue weighted by Gasteiger charge is -2.28. The highest BCUT2D eigenvalue weighted by atomic mass is 32.2. The molecule has 1 atom stereocenters. The highest BCUT2D eigenvalue weighted by molar-refractivity contribution is 7.89. The number of benzene rings is 1. The molecule has 1 aliphatic rings. The summed E-state index contributed by atoms with van der Waals surface area (Å²) in [6, 6.07) is 5.74. The molecule has 10 heteroatoms. The molecule has 1 aromatic carbocycles. The molecule has 1 fully saturated rings. The van der Waals surface area contributed by atoms with Crippen LogP contribution in [-0.4, -0.2) is 39.0 Å². The Morgan fingerprint density at radius 1 is 1.55 bits per heavy atom. The van der Waals surface area contributed by atoms with Crippen molar-refractivity contribution in [3.05, 3.63) is 28.3 Å².